The molecule has 0 bridgehead atoms. The molecule has 0 saturated heterocycles. The van der Waals surface area contributed by atoms with Gasteiger partial charge < -0.3 is 10.5 Å². The molecule has 1 unspecified atom stereocenters. The van der Waals surface area contributed by atoms with Crippen molar-refractivity contribution < 1.29 is 13.3 Å². The maximum absolute atomic E-state index is 12.0. The molecule has 1 rings (SSSR count). The summed E-state index contributed by atoms with van der Waals surface area (Å²) in [6.45, 7) is 1.76. The van der Waals surface area contributed by atoms with Crippen molar-refractivity contribution in [1.82, 2.24) is 0 Å². The Labute approximate surface area is 90.9 Å². The number of hydrogen-bond donors (Lipinski definition) is 1. The summed E-state index contributed by atoms with van der Waals surface area (Å²) >= 11 is 0. The Kier molecular flexibility index (Phi) is 4.55. The predicted molar refractivity (Wildman–Crippen MR) is 59.3 cm³/mol. The van der Waals surface area contributed by atoms with Gasteiger partial charge in [0.25, 0.3) is 0 Å². The maximum atomic E-state index is 12.0. The summed E-state index contributed by atoms with van der Waals surface area (Å²) in [6.07, 6.45) is 0. The van der Waals surface area contributed by atoms with Crippen LogP contribution in [0, 0.1) is 0 Å². The molecule has 5 heteroatoms. The molecule has 2 N–H and O–H groups in total. The minimum absolute atomic E-state index is 0.0280. The first-order valence-electron chi connectivity index (χ1n) is 4.65. The van der Waals surface area contributed by atoms with Gasteiger partial charge in [-0.25, -0.2) is 0 Å². The number of ether oxygens (including phenoxy) is 1. The van der Waals surface area contributed by atoms with Crippen LogP contribution < -0.4 is 10.5 Å². The first-order valence-corrected chi connectivity index (χ1v) is 5.97. The second-order valence-corrected chi connectivity index (χ2v) is 4.41. The number of rotatable bonds is 5. The van der Waals surface area contributed by atoms with E-state index < -0.39 is 17.5 Å². The number of benzene rings is 1. The lowest BCUT2D eigenvalue weighted by molar-refractivity contribution is 0.339. The Bertz CT molecular complexity index is 357. The van der Waals surface area contributed by atoms with Gasteiger partial charge in [0, 0.05) is 5.69 Å². The normalized spacial score (nSPS) is 12.4. The second-order valence-electron chi connectivity index (χ2n) is 2.87. The summed E-state index contributed by atoms with van der Waals surface area (Å²) in [4.78, 5) is 0.443. The van der Waals surface area contributed by atoms with Gasteiger partial charge >= 0.3 is 0 Å². The molecule has 0 aliphatic rings. The van der Waals surface area contributed by atoms with Gasteiger partial charge in [0.1, 0.15) is 12.4 Å². The molecule has 0 fully saturated rings. The average Bonchev–Trinajstić information content (AvgIpc) is 2.21. The van der Waals surface area contributed by atoms with Crippen LogP contribution in [0.4, 0.5) is 10.1 Å². The Balaban J connectivity index is 2.94. The van der Waals surface area contributed by atoms with Crippen molar-refractivity contribution in [2.24, 2.45) is 0 Å². The monoisotopic (exact) mass is 231 g/mol. The SMILES string of the molecule is CCOc1ccc(N)c(S(=O)CCF)c1. The highest BCUT2D eigenvalue weighted by Gasteiger charge is 2.09. The predicted octanol–water partition coefficient (Wildman–Crippen LogP) is 1.74. The fourth-order valence-corrected chi connectivity index (χ4v) is 2.09. The fourth-order valence-electron chi connectivity index (χ4n) is 1.15. The quantitative estimate of drug-likeness (QED) is 0.785. The number of hydrogen-bond acceptors (Lipinski definition) is 3. The highest BCUT2D eigenvalue weighted by atomic mass is 32.2. The van der Waals surface area contributed by atoms with Crippen molar-refractivity contribution in [2.45, 2.75) is 11.8 Å². The minimum Gasteiger partial charge on any atom is -0.494 e. The van der Waals surface area contributed by atoms with Gasteiger partial charge in [-0.15, -0.1) is 0 Å². The van der Waals surface area contributed by atoms with Gasteiger partial charge in [0.05, 0.1) is 28.1 Å². The summed E-state index contributed by atoms with van der Waals surface area (Å²) in [7, 11) is -1.39. The van der Waals surface area contributed by atoms with E-state index in [0.717, 1.165) is 0 Å². The molecule has 1 aromatic rings. The van der Waals surface area contributed by atoms with E-state index in [2.05, 4.69) is 0 Å². The molecule has 0 heterocycles. The Hall–Kier alpha value is -1.10. The molecule has 0 radical (unpaired) electrons. The van der Waals surface area contributed by atoms with E-state index in [9.17, 15) is 8.60 Å². The second kappa shape index (κ2) is 5.70. The van der Waals surface area contributed by atoms with E-state index >= 15 is 0 Å². The highest BCUT2D eigenvalue weighted by molar-refractivity contribution is 7.85. The molecule has 0 aromatic heterocycles. The molecule has 0 spiro atoms. The number of halogens is 1. The van der Waals surface area contributed by atoms with E-state index in [1.54, 1.807) is 18.2 Å². The third kappa shape index (κ3) is 3.20. The zero-order valence-corrected chi connectivity index (χ0v) is 9.35. The summed E-state index contributed by atoms with van der Waals surface area (Å²) in [6, 6.07) is 4.93. The molecule has 0 aliphatic heterocycles. The van der Waals surface area contributed by atoms with Crippen LogP contribution in [-0.4, -0.2) is 23.2 Å². The van der Waals surface area contributed by atoms with Gasteiger partial charge in [-0.1, -0.05) is 0 Å². The summed E-state index contributed by atoms with van der Waals surface area (Å²) in [5, 5.41) is 0. The van der Waals surface area contributed by atoms with Crippen molar-refractivity contribution in [3.8, 4) is 5.75 Å². The van der Waals surface area contributed by atoms with Gasteiger partial charge in [0.2, 0.25) is 0 Å². The van der Waals surface area contributed by atoms with Crippen LogP contribution in [0.15, 0.2) is 23.1 Å². The van der Waals surface area contributed by atoms with Crippen molar-refractivity contribution in [3.63, 3.8) is 0 Å². The highest BCUT2D eigenvalue weighted by Crippen LogP contribution is 2.23. The molecular formula is C10H14FNO2S. The molecule has 1 aromatic carbocycles. The number of anilines is 1. The zero-order valence-electron chi connectivity index (χ0n) is 8.53. The van der Waals surface area contributed by atoms with Crippen molar-refractivity contribution in [3.05, 3.63) is 18.2 Å². The van der Waals surface area contributed by atoms with Crippen molar-refractivity contribution in [1.29, 1.82) is 0 Å². The first-order chi connectivity index (χ1) is 7.19. The lowest BCUT2D eigenvalue weighted by Gasteiger charge is -2.08. The topological polar surface area (TPSA) is 52.3 Å². The number of nitrogen functional groups attached to an aromatic ring is 1. The maximum Gasteiger partial charge on any atom is 0.120 e. The van der Waals surface area contributed by atoms with Crippen LogP contribution in [0.25, 0.3) is 0 Å². The number of nitrogens with two attached hydrogens (primary N) is 1. The lowest BCUT2D eigenvalue weighted by atomic mass is 10.3. The third-order valence-corrected chi connectivity index (χ3v) is 3.17. The smallest absolute Gasteiger partial charge is 0.120 e. The first kappa shape index (κ1) is 12.0. The molecule has 84 valence electrons. The van der Waals surface area contributed by atoms with E-state index in [-0.39, 0.29) is 5.75 Å². The van der Waals surface area contributed by atoms with E-state index in [0.29, 0.717) is 22.9 Å². The molecule has 0 amide bonds. The average molecular weight is 231 g/mol. The van der Waals surface area contributed by atoms with E-state index in [1.165, 1.54) is 0 Å². The van der Waals surface area contributed by atoms with Crippen LogP contribution in [0.3, 0.4) is 0 Å². The fraction of sp³-hybridized carbons (Fsp3) is 0.400. The molecule has 0 saturated carbocycles. The lowest BCUT2D eigenvalue weighted by Crippen LogP contribution is -2.04. The molecule has 15 heavy (non-hydrogen) atoms. The van der Waals surface area contributed by atoms with Crippen LogP contribution in [0.1, 0.15) is 6.92 Å². The largest absolute Gasteiger partial charge is 0.494 e. The molecule has 1 atom stereocenters. The standard InChI is InChI=1S/C10H14FNO2S/c1-2-14-8-3-4-9(12)10(7-8)15(13)6-5-11/h3-4,7H,2,5-6,12H2,1H3. The summed E-state index contributed by atoms with van der Waals surface area (Å²) < 4.78 is 28.8. The summed E-state index contributed by atoms with van der Waals surface area (Å²) in [5.41, 5.74) is 6.05. The molecule has 3 nitrogen and oxygen atoms in total. The Morgan fingerprint density at radius 2 is 2.27 bits per heavy atom. The summed E-state index contributed by atoms with van der Waals surface area (Å²) in [5.74, 6) is 0.577. The van der Waals surface area contributed by atoms with Crippen molar-refractivity contribution in [2.75, 3.05) is 24.8 Å². The Morgan fingerprint density at radius 1 is 1.53 bits per heavy atom. The minimum atomic E-state index is -1.39. The Morgan fingerprint density at radius 3 is 2.87 bits per heavy atom. The van der Waals surface area contributed by atoms with E-state index in [1.807, 2.05) is 6.92 Å². The van der Waals surface area contributed by atoms with Crippen LogP contribution >= 0.6 is 0 Å². The van der Waals surface area contributed by atoms with Crippen molar-refractivity contribution >= 4 is 16.5 Å². The van der Waals surface area contributed by atoms with Gasteiger partial charge in [0.15, 0.2) is 0 Å². The van der Waals surface area contributed by atoms with Gasteiger partial charge in [-0.05, 0) is 25.1 Å². The van der Waals surface area contributed by atoms with E-state index in [4.69, 9.17) is 10.5 Å². The zero-order chi connectivity index (χ0) is 11.3. The third-order valence-electron chi connectivity index (χ3n) is 1.80. The van der Waals surface area contributed by atoms with Crippen LogP contribution in [0.5, 0.6) is 5.75 Å². The van der Waals surface area contributed by atoms with Gasteiger partial charge in [-0.2, -0.15) is 0 Å². The molecular weight excluding hydrogens is 217 g/mol. The molecule has 0 aliphatic carbocycles. The van der Waals surface area contributed by atoms with Crippen LogP contribution in [-0.2, 0) is 10.8 Å². The van der Waals surface area contributed by atoms with Gasteiger partial charge in [-0.3, -0.25) is 8.60 Å². The van der Waals surface area contributed by atoms with Crippen LogP contribution in [0.2, 0.25) is 0 Å². The number of alkyl halides is 1.